The van der Waals surface area contributed by atoms with E-state index in [1.54, 1.807) is 0 Å². The lowest BCUT2D eigenvalue weighted by Gasteiger charge is -2.25. The van der Waals surface area contributed by atoms with Gasteiger partial charge < -0.3 is 15.4 Å². The van der Waals surface area contributed by atoms with Crippen LogP contribution in [0.25, 0.3) is 0 Å². The smallest absolute Gasteiger partial charge is 0.407 e. The molecule has 132 valence electrons. The number of ether oxygens (including phenoxy) is 1. The van der Waals surface area contributed by atoms with Crippen LogP contribution in [0.15, 0.2) is 12.3 Å². The van der Waals surface area contributed by atoms with Gasteiger partial charge in [-0.15, -0.1) is 0 Å². The van der Waals surface area contributed by atoms with Crippen LogP contribution in [0.5, 0.6) is 0 Å². The summed E-state index contributed by atoms with van der Waals surface area (Å²) in [4.78, 5) is 11.8. The number of amides is 1. The zero-order chi connectivity index (χ0) is 17.5. The molecule has 1 rings (SSSR count). The van der Waals surface area contributed by atoms with Gasteiger partial charge in [0, 0.05) is 31.9 Å². The van der Waals surface area contributed by atoms with Crippen LogP contribution in [-0.2, 0) is 17.8 Å². The molecular formula is C17H32N4O2. The van der Waals surface area contributed by atoms with Crippen LogP contribution in [0.1, 0.15) is 53.7 Å². The van der Waals surface area contributed by atoms with Crippen LogP contribution >= 0.6 is 0 Å². The third-order valence-corrected chi connectivity index (χ3v) is 3.46. The predicted molar refractivity (Wildman–Crippen MR) is 92.2 cm³/mol. The van der Waals surface area contributed by atoms with Crippen molar-refractivity contribution in [2.75, 3.05) is 6.54 Å². The number of hydrogen-bond acceptors (Lipinski definition) is 4. The van der Waals surface area contributed by atoms with Gasteiger partial charge in [0.1, 0.15) is 5.60 Å². The molecule has 1 aromatic heterocycles. The van der Waals surface area contributed by atoms with Crippen LogP contribution in [-0.4, -0.2) is 34.1 Å². The second-order valence-electron chi connectivity index (χ2n) is 7.16. The lowest BCUT2D eigenvalue weighted by molar-refractivity contribution is 0.0519. The van der Waals surface area contributed by atoms with Crippen molar-refractivity contribution < 1.29 is 9.53 Å². The standard InChI is InChI=1S/C17H32N4O2/c1-7-10-21-14(8-9-20-21)11-18-15(13(2)3)12-19-16(22)23-17(4,5)6/h8-9,13,15,18H,7,10-12H2,1-6H3,(H,19,22). The zero-order valence-corrected chi connectivity index (χ0v) is 15.3. The molecule has 0 saturated heterocycles. The number of nitrogens with one attached hydrogen (secondary N) is 2. The maximum absolute atomic E-state index is 11.8. The summed E-state index contributed by atoms with van der Waals surface area (Å²) in [5, 5.41) is 10.7. The molecule has 0 bridgehead atoms. The third-order valence-electron chi connectivity index (χ3n) is 3.46. The van der Waals surface area contributed by atoms with Gasteiger partial charge in [0.15, 0.2) is 0 Å². The van der Waals surface area contributed by atoms with Crippen molar-refractivity contribution >= 4 is 6.09 Å². The van der Waals surface area contributed by atoms with Crippen LogP contribution in [0.2, 0.25) is 0 Å². The summed E-state index contributed by atoms with van der Waals surface area (Å²) in [5.74, 6) is 0.396. The van der Waals surface area contributed by atoms with Crippen molar-refractivity contribution in [1.82, 2.24) is 20.4 Å². The minimum Gasteiger partial charge on any atom is -0.444 e. The van der Waals surface area contributed by atoms with Crippen molar-refractivity contribution in [3.05, 3.63) is 18.0 Å². The zero-order valence-electron chi connectivity index (χ0n) is 15.3. The first-order chi connectivity index (χ1) is 10.7. The van der Waals surface area contributed by atoms with E-state index in [9.17, 15) is 4.79 Å². The summed E-state index contributed by atoms with van der Waals surface area (Å²) < 4.78 is 7.30. The number of alkyl carbamates (subject to hydrolysis) is 1. The fraction of sp³-hybridized carbons (Fsp3) is 0.765. The van der Waals surface area contributed by atoms with E-state index in [-0.39, 0.29) is 12.1 Å². The minimum absolute atomic E-state index is 0.174. The van der Waals surface area contributed by atoms with E-state index >= 15 is 0 Å². The van der Waals surface area contributed by atoms with E-state index in [4.69, 9.17) is 4.74 Å². The monoisotopic (exact) mass is 324 g/mol. The Morgan fingerprint density at radius 2 is 2.09 bits per heavy atom. The first-order valence-corrected chi connectivity index (χ1v) is 8.44. The summed E-state index contributed by atoms with van der Waals surface area (Å²) in [5.41, 5.74) is 0.687. The highest BCUT2D eigenvalue weighted by atomic mass is 16.6. The van der Waals surface area contributed by atoms with Crippen molar-refractivity contribution in [1.29, 1.82) is 0 Å². The van der Waals surface area contributed by atoms with Gasteiger partial charge in [0.25, 0.3) is 0 Å². The maximum Gasteiger partial charge on any atom is 0.407 e. The van der Waals surface area contributed by atoms with Gasteiger partial charge in [-0.2, -0.15) is 5.10 Å². The Balaban J connectivity index is 2.49. The van der Waals surface area contributed by atoms with Crippen molar-refractivity contribution in [3.63, 3.8) is 0 Å². The van der Waals surface area contributed by atoms with Crippen molar-refractivity contribution in [2.24, 2.45) is 5.92 Å². The average Bonchev–Trinajstić information content (AvgIpc) is 2.84. The number of aryl methyl sites for hydroxylation is 1. The van der Waals surface area contributed by atoms with Crippen LogP contribution in [0, 0.1) is 5.92 Å². The number of carbonyl (C=O) groups excluding carboxylic acids is 1. The van der Waals surface area contributed by atoms with Gasteiger partial charge in [-0.1, -0.05) is 20.8 Å². The first kappa shape index (κ1) is 19.5. The van der Waals surface area contributed by atoms with E-state index in [0.717, 1.165) is 25.2 Å². The third kappa shape index (κ3) is 7.50. The molecule has 2 N–H and O–H groups in total. The Kier molecular flexibility index (Phi) is 7.55. The molecule has 1 heterocycles. The van der Waals surface area contributed by atoms with Gasteiger partial charge in [0.05, 0.1) is 5.69 Å². The molecule has 0 aromatic carbocycles. The highest BCUT2D eigenvalue weighted by molar-refractivity contribution is 5.67. The summed E-state index contributed by atoms with van der Waals surface area (Å²) >= 11 is 0. The van der Waals surface area contributed by atoms with E-state index < -0.39 is 5.60 Å². The van der Waals surface area contributed by atoms with Crippen LogP contribution in [0.3, 0.4) is 0 Å². The summed E-state index contributed by atoms with van der Waals surface area (Å²) in [6, 6.07) is 2.20. The van der Waals surface area contributed by atoms with Crippen LogP contribution < -0.4 is 10.6 Å². The average molecular weight is 324 g/mol. The second kappa shape index (κ2) is 8.91. The molecule has 6 heteroatoms. The molecule has 0 fully saturated rings. The molecular weight excluding hydrogens is 292 g/mol. The van der Waals surface area contributed by atoms with E-state index in [2.05, 4.69) is 36.5 Å². The van der Waals surface area contributed by atoms with E-state index in [1.165, 1.54) is 0 Å². The lowest BCUT2D eigenvalue weighted by atomic mass is 10.0. The fourth-order valence-corrected chi connectivity index (χ4v) is 2.21. The first-order valence-electron chi connectivity index (χ1n) is 8.44. The summed E-state index contributed by atoms with van der Waals surface area (Å²) in [6.07, 6.45) is 2.51. The Morgan fingerprint density at radius 3 is 2.65 bits per heavy atom. The SMILES string of the molecule is CCCn1nccc1CNC(CNC(=O)OC(C)(C)C)C(C)C. The second-order valence-corrected chi connectivity index (χ2v) is 7.16. The molecule has 1 atom stereocenters. The van der Waals surface area contributed by atoms with Gasteiger partial charge in [-0.25, -0.2) is 4.79 Å². The number of hydrogen-bond donors (Lipinski definition) is 2. The molecule has 0 saturated carbocycles. The molecule has 0 spiro atoms. The molecule has 1 amide bonds. The van der Waals surface area contributed by atoms with Gasteiger partial charge in [-0.05, 0) is 39.2 Å². The lowest BCUT2D eigenvalue weighted by Crippen LogP contribution is -2.45. The van der Waals surface area contributed by atoms with Gasteiger partial charge in [0.2, 0.25) is 0 Å². The highest BCUT2D eigenvalue weighted by Crippen LogP contribution is 2.08. The summed E-state index contributed by atoms with van der Waals surface area (Å²) in [6.45, 7) is 14.2. The Hall–Kier alpha value is -1.56. The molecule has 6 nitrogen and oxygen atoms in total. The van der Waals surface area contributed by atoms with Gasteiger partial charge >= 0.3 is 6.09 Å². The predicted octanol–water partition coefficient (Wildman–Crippen LogP) is 2.93. The van der Waals surface area contributed by atoms with Crippen molar-refractivity contribution in [3.8, 4) is 0 Å². The molecule has 1 aromatic rings. The quantitative estimate of drug-likeness (QED) is 0.771. The molecule has 0 aliphatic rings. The Bertz CT molecular complexity index is 477. The normalized spacial score (nSPS) is 13.2. The fourth-order valence-electron chi connectivity index (χ4n) is 2.21. The molecule has 23 heavy (non-hydrogen) atoms. The molecule has 0 aliphatic carbocycles. The van der Waals surface area contributed by atoms with E-state index in [1.807, 2.05) is 37.7 Å². The number of nitrogens with zero attached hydrogens (tertiary/aromatic N) is 2. The van der Waals surface area contributed by atoms with Crippen molar-refractivity contribution in [2.45, 2.75) is 72.7 Å². The molecule has 0 radical (unpaired) electrons. The number of rotatable bonds is 8. The Morgan fingerprint density at radius 1 is 1.39 bits per heavy atom. The minimum atomic E-state index is -0.475. The Labute approximate surface area is 140 Å². The summed E-state index contributed by atoms with van der Waals surface area (Å²) in [7, 11) is 0. The topological polar surface area (TPSA) is 68.2 Å². The largest absolute Gasteiger partial charge is 0.444 e. The number of carbonyl (C=O) groups is 1. The molecule has 1 unspecified atom stereocenters. The van der Waals surface area contributed by atoms with E-state index in [0.29, 0.717) is 12.5 Å². The molecule has 0 aliphatic heterocycles. The highest BCUT2D eigenvalue weighted by Gasteiger charge is 2.19. The van der Waals surface area contributed by atoms with Crippen LogP contribution in [0.4, 0.5) is 4.79 Å². The maximum atomic E-state index is 11.8. The van der Waals surface area contributed by atoms with Gasteiger partial charge in [-0.3, -0.25) is 4.68 Å². The number of aromatic nitrogens is 2.